The Hall–Kier alpha value is -2.43. The number of halogens is 1. The van der Waals surface area contributed by atoms with Crippen molar-refractivity contribution in [1.82, 2.24) is 4.57 Å². The summed E-state index contributed by atoms with van der Waals surface area (Å²) in [6.07, 6.45) is 0. The SMILES string of the molecule is Cc1ccc(F)c(-n2c(C)c(C(=O)O)c(C)cc2=O)c1. The lowest BCUT2D eigenvalue weighted by Crippen LogP contribution is -2.25. The summed E-state index contributed by atoms with van der Waals surface area (Å²) < 4.78 is 15.0. The van der Waals surface area contributed by atoms with Gasteiger partial charge < -0.3 is 5.11 Å². The molecule has 0 aliphatic carbocycles. The monoisotopic (exact) mass is 275 g/mol. The molecule has 0 spiro atoms. The molecule has 104 valence electrons. The molecule has 20 heavy (non-hydrogen) atoms. The molecule has 4 nitrogen and oxygen atoms in total. The topological polar surface area (TPSA) is 59.3 Å². The molecule has 0 radical (unpaired) electrons. The number of aromatic nitrogens is 1. The number of nitrogens with zero attached hydrogens (tertiary/aromatic N) is 1. The molecular weight excluding hydrogens is 261 g/mol. The van der Waals surface area contributed by atoms with Crippen molar-refractivity contribution in [2.75, 3.05) is 0 Å². The second kappa shape index (κ2) is 4.92. The lowest BCUT2D eigenvalue weighted by Gasteiger charge is -2.15. The van der Waals surface area contributed by atoms with Crippen molar-refractivity contribution in [1.29, 1.82) is 0 Å². The van der Waals surface area contributed by atoms with Crippen LogP contribution in [0.4, 0.5) is 4.39 Å². The summed E-state index contributed by atoms with van der Waals surface area (Å²) in [5.41, 5.74) is 0.997. The average molecular weight is 275 g/mol. The number of carboxylic acid groups (broad SMARTS) is 1. The number of pyridine rings is 1. The van der Waals surface area contributed by atoms with Crippen molar-refractivity contribution in [3.63, 3.8) is 0 Å². The molecule has 0 unspecified atom stereocenters. The zero-order valence-corrected chi connectivity index (χ0v) is 11.4. The standard InChI is InChI=1S/C15H14FNO3/c1-8-4-5-11(16)12(6-8)17-10(3)14(15(19)20)9(2)7-13(17)18/h4-7H,1-3H3,(H,19,20). The Morgan fingerprint density at radius 1 is 1.20 bits per heavy atom. The van der Waals surface area contributed by atoms with Crippen LogP contribution in [0.15, 0.2) is 29.1 Å². The lowest BCUT2D eigenvalue weighted by molar-refractivity contribution is 0.0694. The lowest BCUT2D eigenvalue weighted by atomic mass is 10.1. The maximum Gasteiger partial charge on any atom is 0.337 e. The average Bonchev–Trinajstić information content (AvgIpc) is 2.32. The van der Waals surface area contributed by atoms with Crippen molar-refractivity contribution < 1.29 is 14.3 Å². The van der Waals surface area contributed by atoms with Gasteiger partial charge in [-0.3, -0.25) is 9.36 Å². The molecule has 0 aliphatic heterocycles. The molecule has 0 saturated heterocycles. The molecule has 1 N–H and O–H groups in total. The first kappa shape index (κ1) is 14.0. The molecular formula is C15H14FNO3. The predicted octanol–water partition coefficient (Wildman–Crippen LogP) is 2.60. The van der Waals surface area contributed by atoms with Gasteiger partial charge in [0.1, 0.15) is 5.82 Å². The Morgan fingerprint density at radius 3 is 2.45 bits per heavy atom. The molecule has 1 aromatic carbocycles. The van der Waals surface area contributed by atoms with Gasteiger partial charge in [0, 0.05) is 11.8 Å². The molecule has 1 heterocycles. The molecule has 0 fully saturated rings. The van der Waals surface area contributed by atoms with E-state index in [1.165, 1.54) is 25.1 Å². The quantitative estimate of drug-likeness (QED) is 0.916. The van der Waals surface area contributed by atoms with E-state index in [2.05, 4.69) is 0 Å². The minimum absolute atomic E-state index is 0.0190. The van der Waals surface area contributed by atoms with E-state index in [4.69, 9.17) is 0 Å². The molecule has 0 saturated carbocycles. The zero-order valence-electron chi connectivity index (χ0n) is 11.4. The first-order valence-corrected chi connectivity index (χ1v) is 6.06. The first-order valence-electron chi connectivity index (χ1n) is 6.06. The van der Waals surface area contributed by atoms with E-state index in [9.17, 15) is 19.1 Å². The van der Waals surface area contributed by atoms with Crippen molar-refractivity contribution in [2.24, 2.45) is 0 Å². The summed E-state index contributed by atoms with van der Waals surface area (Å²) in [5, 5.41) is 9.22. The third-order valence-corrected chi connectivity index (χ3v) is 3.21. The van der Waals surface area contributed by atoms with Crippen LogP contribution in [-0.2, 0) is 0 Å². The highest BCUT2D eigenvalue weighted by molar-refractivity contribution is 5.90. The van der Waals surface area contributed by atoms with Crippen LogP contribution in [-0.4, -0.2) is 15.6 Å². The van der Waals surface area contributed by atoms with Crippen molar-refractivity contribution in [3.05, 3.63) is 62.8 Å². The van der Waals surface area contributed by atoms with Crippen molar-refractivity contribution >= 4 is 5.97 Å². The van der Waals surface area contributed by atoms with Crippen LogP contribution in [0.1, 0.15) is 27.2 Å². The fourth-order valence-electron chi connectivity index (χ4n) is 2.30. The van der Waals surface area contributed by atoms with E-state index in [-0.39, 0.29) is 16.9 Å². The van der Waals surface area contributed by atoms with E-state index in [1.54, 1.807) is 19.9 Å². The Labute approximate surface area is 115 Å². The Bertz CT molecular complexity index is 762. The van der Waals surface area contributed by atoms with Gasteiger partial charge in [0.05, 0.1) is 11.3 Å². The fourth-order valence-corrected chi connectivity index (χ4v) is 2.30. The summed E-state index contributed by atoms with van der Waals surface area (Å²) in [6.45, 7) is 4.82. The van der Waals surface area contributed by atoms with E-state index < -0.39 is 17.3 Å². The molecule has 0 atom stereocenters. The molecule has 0 bridgehead atoms. The minimum atomic E-state index is -1.14. The van der Waals surface area contributed by atoms with Crippen LogP contribution in [0.3, 0.4) is 0 Å². The molecule has 2 rings (SSSR count). The Balaban J connectivity index is 2.88. The van der Waals surface area contributed by atoms with Gasteiger partial charge in [-0.1, -0.05) is 6.07 Å². The van der Waals surface area contributed by atoms with E-state index in [0.717, 1.165) is 10.1 Å². The fraction of sp³-hybridized carbons (Fsp3) is 0.200. The zero-order chi connectivity index (χ0) is 15.0. The summed E-state index contributed by atoms with van der Waals surface area (Å²) in [7, 11) is 0. The maximum absolute atomic E-state index is 13.9. The second-order valence-electron chi connectivity index (χ2n) is 4.72. The number of carboxylic acids is 1. The summed E-state index contributed by atoms with van der Waals surface area (Å²) in [5.74, 6) is -1.71. The van der Waals surface area contributed by atoms with E-state index in [0.29, 0.717) is 5.56 Å². The minimum Gasteiger partial charge on any atom is -0.478 e. The Kier molecular flexibility index (Phi) is 3.44. The van der Waals surface area contributed by atoms with E-state index in [1.807, 2.05) is 0 Å². The summed E-state index contributed by atoms with van der Waals surface area (Å²) >= 11 is 0. The van der Waals surface area contributed by atoms with Gasteiger partial charge in [-0.15, -0.1) is 0 Å². The van der Waals surface area contributed by atoms with Gasteiger partial charge in [-0.2, -0.15) is 0 Å². The number of hydrogen-bond donors (Lipinski definition) is 1. The normalized spacial score (nSPS) is 10.6. The predicted molar refractivity (Wildman–Crippen MR) is 73.2 cm³/mol. The largest absolute Gasteiger partial charge is 0.478 e. The molecule has 0 aliphatic rings. The number of benzene rings is 1. The highest BCUT2D eigenvalue weighted by Crippen LogP contribution is 2.19. The second-order valence-corrected chi connectivity index (χ2v) is 4.72. The number of aromatic carboxylic acids is 1. The summed E-state index contributed by atoms with van der Waals surface area (Å²) in [4.78, 5) is 23.4. The van der Waals surface area contributed by atoms with Crippen molar-refractivity contribution in [3.8, 4) is 5.69 Å². The van der Waals surface area contributed by atoms with E-state index >= 15 is 0 Å². The first-order chi connectivity index (χ1) is 9.32. The van der Waals surface area contributed by atoms with Crippen LogP contribution in [0.2, 0.25) is 0 Å². The number of rotatable bonds is 2. The highest BCUT2D eigenvalue weighted by atomic mass is 19.1. The molecule has 2 aromatic rings. The molecule has 1 aromatic heterocycles. The maximum atomic E-state index is 13.9. The van der Waals surface area contributed by atoms with Gasteiger partial charge in [-0.05, 0) is 44.0 Å². The van der Waals surface area contributed by atoms with Crippen LogP contribution < -0.4 is 5.56 Å². The van der Waals surface area contributed by atoms with Gasteiger partial charge >= 0.3 is 5.97 Å². The van der Waals surface area contributed by atoms with Crippen LogP contribution in [0.25, 0.3) is 5.69 Å². The number of aryl methyl sites for hydroxylation is 2. The highest BCUT2D eigenvalue weighted by Gasteiger charge is 2.18. The molecule has 5 heteroatoms. The third kappa shape index (κ3) is 2.22. The van der Waals surface area contributed by atoms with Crippen LogP contribution in [0, 0.1) is 26.6 Å². The third-order valence-electron chi connectivity index (χ3n) is 3.21. The molecule has 0 amide bonds. The summed E-state index contributed by atoms with van der Waals surface area (Å²) in [6, 6.07) is 5.57. The van der Waals surface area contributed by atoms with Gasteiger partial charge in [-0.25, -0.2) is 9.18 Å². The van der Waals surface area contributed by atoms with Gasteiger partial charge in [0.15, 0.2) is 0 Å². The van der Waals surface area contributed by atoms with Crippen LogP contribution in [0.5, 0.6) is 0 Å². The number of carbonyl (C=O) groups is 1. The number of hydrogen-bond acceptors (Lipinski definition) is 2. The van der Waals surface area contributed by atoms with Crippen LogP contribution >= 0.6 is 0 Å². The van der Waals surface area contributed by atoms with Gasteiger partial charge in [0.2, 0.25) is 0 Å². The van der Waals surface area contributed by atoms with Crippen molar-refractivity contribution in [2.45, 2.75) is 20.8 Å². The Morgan fingerprint density at radius 2 is 1.85 bits per heavy atom. The van der Waals surface area contributed by atoms with Gasteiger partial charge in [0.25, 0.3) is 5.56 Å². The smallest absolute Gasteiger partial charge is 0.337 e.